The second kappa shape index (κ2) is 21.9. The Morgan fingerprint density at radius 2 is 0.885 bits per heavy atom. The molecule has 0 N–H and O–H groups in total. The summed E-state index contributed by atoms with van der Waals surface area (Å²) in [6.45, 7) is 28.7. The van der Waals surface area contributed by atoms with E-state index in [9.17, 15) is 4.79 Å². The molecule has 0 radical (unpaired) electrons. The summed E-state index contributed by atoms with van der Waals surface area (Å²) in [4.78, 5) is 11.7. The van der Waals surface area contributed by atoms with Gasteiger partial charge in [0.15, 0.2) is 5.78 Å². The van der Waals surface area contributed by atoms with Gasteiger partial charge >= 0.3 is 0 Å². The predicted octanol–water partition coefficient (Wildman–Crippen LogP) is 8.82. The molecule has 1 nitrogen and oxygen atoms in total. The van der Waals surface area contributed by atoms with Gasteiger partial charge in [-0.2, -0.15) is 0 Å². The van der Waals surface area contributed by atoms with E-state index in [1.54, 1.807) is 6.92 Å². The summed E-state index contributed by atoms with van der Waals surface area (Å²) >= 11 is 0. The van der Waals surface area contributed by atoms with Gasteiger partial charge < -0.3 is 0 Å². The van der Waals surface area contributed by atoms with E-state index in [-0.39, 0.29) is 5.78 Å². The lowest BCUT2D eigenvalue weighted by atomic mass is 9.85. The molecule has 0 unspecified atom stereocenters. The quantitative estimate of drug-likeness (QED) is 0.486. The molecular formula is C25H50O. The highest BCUT2D eigenvalue weighted by molar-refractivity contribution is 5.98. The highest BCUT2D eigenvalue weighted by atomic mass is 16.1. The first kappa shape index (κ1) is 32.6. The van der Waals surface area contributed by atoms with Crippen LogP contribution in [-0.2, 0) is 12.8 Å². The molecule has 156 valence electrons. The summed E-state index contributed by atoms with van der Waals surface area (Å²) in [6.07, 6.45) is 4.65. The maximum atomic E-state index is 11.7. The maximum absolute atomic E-state index is 11.7. The third-order valence-corrected chi connectivity index (χ3v) is 4.12. The molecule has 1 aromatic rings. The van der Waals surface area contributed by atoms with Crippen molar-refractivity contribution in [2.75, 3.05) is 0 Å². The zero-order valence-electron chi connectivity index (χ0n) is 20.7. The lowest BCUT2D eigenvalue weighted by Crippen LogP contribution is -2.09. The van der Waals surface area contributed by atoms with Gasteiger partial charge in [-0.1, -0.05) is 82.1 Å². The van der Waals surface area contributed by atoms with Crippen LogP contribution < -0.4 is 0 Å². The van der Waals surface area contributed by atoms with E-state index in [1.165, 1.54) is 40.7 Å². The normalized spacial score (nSPS) is 8.38. The first-order valence-electron chi connectivity index (χ1n) is 11.0. The van der Waals surface area contributed by atoms with Crippen LogP contribution in [-0.4, -0.2) is 5.78 Å². The first-order valence-corrected chi connectivity index (χ1v) is 11.0. The van der Waals surface area contributed by atoms with Crippen molar-refractivity contribution in [2.24, 2.45) is 0 Å². The number of ketones is 1. The Balaban J connectivity index is -0.000000205. The van der Waals surface area contributed by atoms with Crippen molar-refractivity contribution in [3.05, 3.63) is 33.4 Å². The summed E-state index contributed by atoms with van der Waals surface area (Å²) in [5.74, 6) is 0.194. The van der Waals surface area contributed by atoms with Crippen LogP contribution in [0.1, 0.15) is 127 Å². The topological polar surface area (TPSA) is 17.1 Å². The minimum absolute atomic E-state index is 0.194. The highest BCUT2D eigenvalue weighted by Crippen LogP contribution is 2.28. The van der Waals surface area contributed by atoms with Crippen molar-refractivity contribution < 1.29 is 4.79 Å². The van der Waals surface area contributed by atoms with Gasteiger partial charge in [-0.3, -0.25) is 4.79 Å². The van der Waals surface area contributed by atoms with Crippen LogP contribution in [0.25, 0.3) is 0 Å². The summed E-state index contributed by atoms with van der Waals surface area (Å²) in [7, 11) is 0. The molecule has 0 aliphatic heterocycles. The van der Waals surface area contributed by atoms with E-state index >= 15 is 0 Å². The second-order valence-corrected chi connectivity index (χ2v) is 5.47. The number of carbonyl (C=O) groups excluding carboxylic acids is 1. The Kier molecular flexibility index (Phi) is 27.5. The molecule has 0 amide bonds. The average molecular weight is 367 g/mol. The molecule has 0 spiro atoms. The van der Waals surface area contributed by atoms with Crippen LogP contribution in [0.5, 0.6) is 0 Å². The molecule has 0 bridgehead atoms. The van der Waals surface area contributed by atoms with Crippen molar-refractivity contribution in [2.45, 2.75) is 123 Å². The Morgan fingerprint density at radius 3 is 1.04 bits per heavy atom. The molecule has 1 aromatic carbocycles. The monoisotopic (exact) mass is 366 g/mol. The molecule has 26 heavy (non-hydrogen) atoms. The Bertz CT molecular complexity index is 423. The molecule has 0 saturated heterocycles. The molecule has 0 atom stereocenters. The van der Waals surface area contributed by atoms with Crippen LogP contribution in [0.15, 0.2) is 0 Å². The number of unbranched alkanes of at least 4 members (excludes halogenated alkanes) is 1. The molecular weight excluding hydrogens is 316 g/mol. The fourth-order valence-corrected chi connectivity index (χ4v) is 2.92. The Labute approximate surface area is 167 Å². The third-order valence-electron chi connectivity index (χ3n) is 4.12. The smallest absolute Gasteiger partial charge is 0.160 e. The van der Waals surface area contributed by atoms with Gasteiger partial charge in [-0.15, -0.1) is 0 Å². The average Bonchev–Trinajstić information content (AvgIpc) is 2.67. The van der Waals surface area contributed by atoms with Crippen LogP contribution >= 0.6 is 0 Å². The fraction of sp³-hybridized carbons (Fsp3) is 0.720. The van der Waals surface area contributed by atoms with E-state index in [0.717, 1.165) is 18.4 Å². The zero-order chi connectivity index (χ0) is 21.9. The minimum Gasteiger partial charge on any atom is -0.294 e. The van der Waals surface area contributed by atoms with Crippen molar-refractivity contribution in [1.82, 2.24) is 0 Å². The molecule has 1 rings (SSSR count). The number of hydrogen-bond donors (Lipinski definition) is 0. The highest BCUT2D eigenvalue weighted by Gasteiger charge is 2.17. The van der Waals surface area contributed by atoms with Crippen LogP contribution in [0.3, 0.4) is 0 Å². The SMILES string of the molecule is CC.CC.CC.CCCC.CCc1c(C)c(CC)c(C)c(C(C)=O)c1C. The van der Waals surface area contributed by atoms with Crippen molar-refractivity contribution in [3.8, 4) is 0 Å². The van der Waals surface area contributed by atoms with Crippen LogP contribution in [0, 0.1) is 20.8 Å². The number of rotatable bonds is 4. The van der Waals surface area contributed by atoms with Gasteiger partial charge in [-0.05, 0) is 68.4 Å². The van der Waals surface area contributed by atoms with E-state index < -0.39 is 0 Å². The summed E-state index contributed by atoms with van der Waals surface area (Å²) in [5, 5.41) is 0. The molecule has 1 heteroatoms. The van der Waals surface area contributed by atoms with Gasteiger partial charge in [0.1, 0.15) is 0 Å². The fourth-order valence-electron chi connectivity index (χ4n) is 2.92. The van der Waals surface area contributed by atoms with Gasteiger partial charge in [0.05, 0.1) is 0 Å². The van der Waals surface area contributed by atoms with Crippen molar-refractivity contribution >= 4 is 5.78 Å². The third kappa shape index (κ3) is 10.8. The van der Waals surface area contributed by atoms with Crippen LogP contribution in [0.2, 0.25) is 0 Å². The summed E-state index contributed by atoms with van der Waals surface area (Å²) in [6, 6.07) is 0. The first-order chi connectivity index (χ1) is 12.4. The molecule has 0 aromatic heterocycles. The van der Waals surface area contributed by atoms with Crippen molar-refractivity contribution in [3.63, 3.8) is 0 Å². The van der Waals surface area contributed by atoms with Gasteiger partial charge in [0, 0.05) is 5.56 Å². The van der Waals surface area contributed by atoms with Gasteiger partial charge in [0.25, 0.3) is 0 Å². The molecule has 0 aliphatic rings. The lowest BCUT2D eigenvalue weighted by molar-refractivity contribution is 0.101. The molecule has 0 heterocycles. The summed E-state index contributed by atoms with van der Waals surface area (Å²) < 4.78 is 0. The minimum atomic E-state index is 0.194. The standard InChI is InChI=1S/C15H22O.C4H10.3C2H6/c1-7-13-9(3)14(8-2)11(5)15(10(13)4)12(6)16;1-3-4-2;3*1-2/h7-8H2,1-6H3;3-4H2,1-2H3;3*1-2H3. The van der Waals surface area contributed by atoms with Gasteiger partial charge in [0.2, 0.25) is 0 Å². The number of carbonyl (C=O) groups is 1. The van der Waals surface area contributed by atoms with E-state index in [0.29, 0.717) is 0 Å². The van der Waals surface area contributed by atoms with Crippen LogP contribution in [0.4, 0.5) is 0 Å². The zero-order valence-corrected chi connectivity index (χ0v) is 20.7. The Hall–Kier alpha value is -1.11. The lowest BCUT2D eigenvalue weighted by Gasteiger charge is -2.19. The second-order valence-electron chi connectivity index (χ2n) is 5.47. The molecule has 0 fully saturated rings. The van der Waals surface area contributed by atoms with E-state index in [1.807, 2.05) is 41.5 Å². The van der Waals surface area contributed by atoms with E-state index in [2.05, 4.69) is 48.5 Å². The van der Waals surface area contributed by atoms with Crippen molar-refractivity contribution in [1.29, 1.82) is 0 Å². The molecule has 0 aliphatic carbocycles. The number of Topliss-reactive ketones (excluding diaryl/α,β-unsaturated/α-hetero) is 1. The number of hydrogen-bond acceptors (Lipinski definition) is 1. The number of benzene rings is 1. The van der Waals surface area contributed by atoms with Gasteiger partial charge in [-0.25, -0.2) is 0 Å². The summed E-state index contributed by atoms with van der Waals surface area (Å²) in [5.41, 5.74) is 7.40. The Morgan fingerprint density at radius 1 is 0.615 bits per heavy atom. The predicted molar refractivity (Wildman–Crippen MR) is 124 cm³/mol. The largest absolute Gasteiger partial charge is 0.294 e. The van der Waals surface area contributed by atoms with E-state index in [4.69, 9.17) is 0 Å². The maximum Gasteiger partial charge on any atom is 0.160 e. The molecule has 0 saturated carbocycles.